The average molecular weight is 659 g/mol. The van der Waals surface area contributed by atoms with Crippen molar-refractivity contribution in [2.45, 2.75) is 45.3 Å². The third kappa shape index (κ3) is 6.70. The van der Waals surface area contributed by atoms with Crippen molar-refractivity contribution in [2.24, 2.45) is 0 Å². The monoisotopic (exact) mass is 658 g/mol. The highest BCUT2D eigenvalue weighted by Crippen LogP contribution is 2.37. The van der Waals surface area contributed by atoms with E-state index in [1.165, 1.54) is 36.7 Å². The van der Waals surface area contributed by atoms with E-state index in [1.54, 1.807) is 0 Å². The van der Waals surface area contributed by atoms with E-state index in [-0.39, 0.29) is 38.4 Å². The van der Waals surface area contributed by atoms with E-state index in [9.17, 15) is 24.0 Å². The fraction of sp³-hybridized carbons (Fsp3) is 0.381. The summed E-state index contributed by atoms with van der Waals surface area (Å²) in [6.45, 7) is 3.28. The number of aromatic amines is 3. The first kappa shape index (κ1) is 30.9. The number of hydrogen-bond acceptors (Lipinski definition) is 17. The summed E-state index contributed by atoms with van der Waals surface area (Å²) in [5.41, 5.74) is 10.8. The molecule has 224 valence electrons. The van der Waals surface area contributed by atoms with E-state index in [0.29, 0.717) is 14.3 Å². The summed E-state index contributed by atoms with van der Waals surface area (Å²) < 4.78 is 24.3. The molecule has 1 aliphatic rings. The maximum atomic E-state index is 12.2. The van der Waals surface area contributed by atoms with Crippen LogP contribution in [-0.4, -0.2) is 72.3 Å². The van der Waals surface area contributed by atoms with Crippen LogP contribution in [-0.2, 0) is 33.3 Å². The Balaban J connectivity index is 0.000000279. The smallest absolute Gasteiger partial charge is 0.303 e. The molecule has 1 aliphatic heterocycles. The van der Waals surface area contributed by atoms with Gasteiger partial charge in [-0.2, -0.15) is 9.97 Å². The topological polar surface area (TPSA) is 252 Å². The van der Waals surface area contributed by atoms with Gasteiger partial charge in [-0.15, -0.1) is 0 Å². The van der Waals surface area contributed by atoms with Crippen LogP contribution < -0.4 is 22.6 Å². The van der Waals surface area contributed by atoms with Crippen LogP contribution in [0.1, 0.15) is 27.0 Å². The molecule has 42 heavy (non-hydrogen) atoms. The van der Waals surface area contributed by atoms with Gasteiger partial charge in [0, 0.05) is 20.8 Å². The quantitative estimate of drug-likeness (QED) is 0.114. The number of nitrogens with zero attached hydrogens (tertiary/aromatic N) is 3. The van der Waals surface area contributed by atoms with Crippen molar-refractivity contribution in [3.63, 3.8) is 0 Å². The molecule has 0 amide bonds. The van der Waals surface area contributed by atoms with Gasteiger partial charge >= 0.3 is 17.9 Å². The summed E-state index contributed by atoms with van der Waals surface area (Å²) in [5.74, 6) is -1.96. The summed E-state index contributed by atoms with van der Waals surface area (Å²) in [6.07, 6.45) is -4.34. The molecule has 0 aromatic carbocycles. The first-order valence-electron chi connectivity index (χ1n) is 11.7. The van der Waals surface area contributed by atoms with Gasteiger partial charge in [0.2, 0.25) is 11.9 Å². The van der Waals surface area contributed by atoms with Crippen LogP contribution in [0.3, 0.4) is 0 Å². The summed E-state index contributed by atoms with van der Waals surface area (Å²) in [6, 6.07) is 0. The predicted molar refractivity (Wildman–Crippen MR) is 155 cm³/mol. The van der Waals surface area contributed by atoms with Crippen molar-refractivity contribution in [3.8, 4) is 0 Å². The molecule has 0 bridgehead atoms. The van der Waals surface area contributed by atoms with Gasteiger partial charge in [-0.25, -0.2) is 0 Å². The fourth-order valence-corrected chi connectivity index (χ4v) is 6.24. The number of aromatic nitrogens is 6. The Morgan fingerprint density at radius 3 is 2.12 bits per heavy atom. The number of thiazole rings is 2. The van der Waals surface area contributed by atoms with Crippen molar-refractivity contribution >= 4 is 97.6 Å². The van der Waals surface area contributed by atoms with Crippen LogP contribution in [0.15, 0.2) is 9.59 Å². The first-order chi connectivity index (χ1) is 19.7. The maximum absolute atomic E-state index is 12.2. The van der Waals surface area contributed by atoms with Gasteiger partial charge < -0.3 is 35.4 Å². The Bertz CT molecular complexity index is 1920. The number of rotatable bonds is 5. The number of ether oxygens (including phenoxy) is 4. The zero-order chi connectivity index (χ0) is 30.9. The van der Waals surface area contributed by atoms with Crippen LogP contribution in [0, 0.1) is 7.91 Å². The molecular weight excluding hydrogens is 637 g/mol. The molecule has 17 nitrogen and oxygen atoms in total. The lowest BCUT2D eigenvalue weighted by Crippen LogP contribution is -2.40. The largest absolute Gasteiger partial charge is 0.463 e. The second-order valence-electron chi connectivity index (χ2n) is 8.50. The number of nitrogen functional groups attached to an aromatic ring is 2. The second-order valence-corrected chi connectivity index (χ2v) is 11.8. The van der Waals surface area contributed by atoms with Crippen molar-refractivity contribution in [1.29, 1.82) is 0 Å². The van der Waals surface area contributed by atoms with Crippen LogP contribution in [0.2, 0.25) is 0 Å². The number of carbonyl (C=O) groups excluding carboxylic acids is 3. The Labute approximate surface area is 251 Å². The van der Waals surface area contributed by atoms with Crippen molar-refractivity contribution in [3.05, 3.63) is 28.6 Å². The molecular formula is C21H22N8O9S4. The van der Waals surface area contributed by atoms with E-state index in [0.717, 1.165) is 11.3 Å². The standard InChI is InChI=1S/C16H18N4O8S2.C5H4N4OS2/c1-5(21)25-4-8-9(26-6(2)22)10(27-7(3)23)14(28-8)20-12-11(30-16(20)29)13(24)19-15(17)18-12;6-4-7-2-1(3(10)9-4)12-5(11)8-2/h8-10,14H,4H2,1-3H3,(H3,17,18,19,24);(H4,6,7,8,9,10,11)/t8-,9-,10-,14-;/m1./s1. The van der Waals surface area contributed by atoms with E-state index in [4.69, 9.17) is 54.9 Å². The molecule has 4 atom stereocenters. The highest BCUT2D eigenvalue weighted by molar-refractivity contribution is 7.74. The van der Waals surface area contributed by atoms with Gasteiger partial charge in [-0.3, -0.25) is 38.5 Å². The predicted octanol–water partition coefficient (Wildman–Crippen LogP) is 1.05. The van der Waals surface area contributed by atoms with Crippen LogP contribution in [0.5, 0.6) is 0 Å². The van der Waals surface area contributed by atoms with Gasteiger partial charge in [0.25, 0.3) is 11.1 Å². The van der Waals surface area contributed by atoms with Crippen LogP contribution >= 0.6 is 47.1 Å². The van der Waals surface area contributed by atoms with Crippen molar-refractivity contribution in [1.82, 2.24) is 29.5 Å². The van der Waals surface area contributed by atoms with Gasteiger partial charge in [0.05, 0.1) is 0 Å². The zero-order valence-electron chi connectivity index (χ0n) is 21.8. The molecule has 0 radical (unpaired) electrons. The Kier molecular flexibility index (Phi) is 9.15. The number of esters is 3. The first-order valence-corrected chi connectivity index (χ1v) is 14.1. The van der Waals surface area contributed by atoms with Crippen molar-refractivity contribution < 1.29 is 33.3 Å². The zero-order valence-corrected chi connectivity index (χ0v) is 25.1. The Morgan fingerprint density at radius 1 is 0.905 bits per heavy atom. The summed E-state index contributed by atoms with van der Waals surface area (Å²) in [5, 5.41) is 0. The lowest BCUT2D eigenvalue weighted by atomic mass is 10.1. The minimum absolute atomic E-state index is 0.0940. The summed E-state index contributed by atoms with van der Waals surface area (Å²) in [7, 11) is 0. The Morgan fingerprint density at radius 2 is 1.50 bits per heavy atom. The minimum atomic E-state index is -1.15. The molecule has 5 heterocycles. The molecule has 21 heteroatoms. The van der Waals surface area contributed by atoms with Gasteiger partial charge in [0.15, 0.2) is 37.6 Å². The molecule has 0 spiro atoms. The molecule has 1 fully saturated rings. The molecule has 7 N–H and O–H groups in total. The molecule has 1 saturated heterocycles. The molecule has 0 aliphatic carbocycles. The number of carbonyl (C=O) groups is 3. The van der Waals surface area contributed by atoms with Gasteiger partial charge in [-0.1, -0.05) is 22.7 Å². The number of fused-ring (bicyclic) bond motifs is 2. The van der Waals surface area contributed by atoms with Gasteiger partial charge in [-0.05, 0) is 24.4 Å². The number of anilines is 2. The second kappa shape index (κ2) is 12.4. The third-order valence-electron chi connectivity index (χ3n) is 5.40. The Hall–Kier alpha value is -4.05. The number of nitrogens with two attached hydrogens (primary N) is 2. The van der Waals surface area contributed by atoms with E-state index >= 15 is 0 Å². The molecule has 5 rings (SSSR count). The number of hydrogen-bond donors (Lipinski definition) is 5. The third-order valence-corrected chi connectivity index (χ3v) is 8.01. The molecule has 0 unspecified atom stereocenters. The number of H-pyrrole nitrogens is 3. The van der Waals surface area contributed by atoms with Crippen molar-refractivity contribution in [2.75, 3.05) is 18.1 Å². The highest BCUT2D eigenvalue weighted by Gasteiger charge is 2.51. The van der Waals surface area contributed by atoms with Gasteiger partial charge in [0.1, 0.15) is 22.1 Å². The fourth-order valence-electron chi connectivity index (χ4n) is 3.94. The highest BCUT2D eigenvalue weighted by atomic mass is 32.2. The van der Waals surface area contributed by atoms with Crippen LogP contribution in [0.4, 0.5) is 11.9 Å². The molecule has 4 aromatic rings. The SMILES string of the molecule is CC(=O)OC[C@H]1O[C@@H](n2c(=S)sc3c(=O)[nH]c(N)nc32)[C@H](OC(C)=O)[C@@H]1OC(C)=O.Nc1nc2[nH]c(=S)sc2c(=O)[nH]1. The normalized spacial score (nSPS) is 19.7. The van der Waals surface area contributed by atoms with E-state index in [2.05, 4.69) is 24.9 Å². The maximum Gasteiger partial charge on any atom is 0.303 e. The summed E-state index contributed by atoms with van der Waals surface area (Å²) in [4.78, 5) is 73.5. The summed E-state index contributed by atoms with van der Waals surface area (Å²) >= 11 is 12.4. The minimum Gasteiger partial charge on any atom is -0.463 e. The number of nitrogens with one attached hydrogen (secondary N) is 3. The molecule has 0 saturated carbocycles. The average Bonchev–Trinajstić information content (AvgIpc) is 3.50. The lowest BCUT2D eigenvalue weighted by Gasteiger charge is -2.23. The van der Waals surface area contributed by atoms with Crippen LogP contribution in [0.25, 0.3) is 20.7 Å². The molecule has 4 aromatic heterocycles. The van der Waals surface area contributed by atoms with E-state index < -0.39 is 48.0 Å². The lowest BCUT2D eigenvalue weighted by molar-refractivity contribution is -0.166. The van der Waals surface area contributed by atoms with E-state index in [1.807, 2.05) is 0 Å².